The third-order valence-corrected chi connectivity index (χ3v) is 4.20. The van der Waals surface area contributed by atoms with Crippen molar-refractivity contribution in [3.05, 3.63) is 23.8 Å². The van der Waals surface area contributed by atoms with Gasteiger partial charge in [-0.1, -0.05) is 13.0 Å². The molecule has 1 aliphatic rings. The second-order valence-corrected chi connectivity index (χ2v) is 5.78. The number of carbonyl (C=O) groups excluding carboxylic acids is 1. The third kappa shape index (κ3) is 4.71. The van der Waals surface area contributed by atoms with Crippen molar-refractivity contribution in [3.63, 3.8) is 0 Å². The Kier molecular flexibility index (Phi) is 6.21. The van der Waals surface area contributed by atoms with E-state index < -0.39 is 0 Å². The second-order valence-electron chi connectivity index (χ2n) is 5.78. The first-order valence-electron chi connectivity index (χ1n) is 8.01. The first-order valence-corrected chi connectivity index (χ1v) is 8.01. The van der Waals surface area contributed by atoms with Gasteiger partial charge in [-0.15, -0.1) is 0 Å². The van der Waals surface area contributed by atoms with Crippen molar-refractivity contribution in [2.45, 2.75) is 20.3 Å². The molecular weight excluding hydrogens is 278 g/mol. The van der Waals surface area contributed by atoms with Crippen LogP contribution in [0.25, 0.3) is 0 Å². The van der Waals surface area contributed by atoms with E-state index in [2.05, 4.69) is 22.0 Å². The first kappa shape index (κ1) is 16.8. The minimum absolute atomic E-state index is 0.0434. The summed E-state index contributed by atoms with van der Waals surface area (Å²) in [6.45, 7) is 10.4. The highest BCUT2D eigenvalue weighted by molar-refractivity contribution is 5.92. The van der Waals surface area contributed by atoms with Crippen LogP contribution in [0.15, 0.2) is 18.2 Å². The van der Waals surface area contributed by atoms with Crippen LogP contribution in [0.2, 0.25) is 0 Å². The second kappa shape index (κ2) is 8.15. The van der Waals surface area contributed by atoms with E-state index in [1.54, 1.807) is 7.11 Å². The lowest BCUT2D eigenvalue weighted by Gasteiger charge is -2.33. The van der Waals surface area contributed by atoms with Crippen LogP contribution in [0.3, 0.4) is 0 Å². The summed E-state index contributed by atoms with van der Waals surface area (Å²) in [7, 11) is 1.62. The SMILES string of the molecule is CCN1CCN(CCC(=O)Nc2cc(C)ccc2OC)CC1. The van der Waals surface area contributed by atoms with Crippen LogP contribution in [-0.4, -0.2) is 62.1 Å². The van der Waals surface area contributed by atoms with Gasteiger partial charge in [0.2, 0.25) is 5.91 Å². The molecule has 0 radical (unpaired) electrons. The van der Waals surface area contributed by atoms with E-state index in [1.807, 2.05) is 25.1 Å². The molecule has 0 saturated carbocycles. The summed E-state index contributed by atoms with van der Waals surface area (Å²) in [6, 6.07) is 5.80. The van der Waals surface area contributed by atoms with Gasteiger partial charge in [-0.2, -0.15) is 0 Å². The number of piperazine rings is 1. The third-order valence-electron chi connectivity index (χ3n) is 4.20. The molecule has 0 unspecified atom stereocenters. The molecule has 1 fully saturated rings. The van der Waals surface area contributed by atoms with Crippen molar-refractivity contribution >= 4 is 11.6 Å². The Balaban J connectivity index is 1.80. The fourth-order valence-corrected chi connectivity index (χ4v) is 2.72. The van der Waals surface area contributed by atoms with Crippen molar-refractivity contribution in [2.75, 3.05) is 51.7 Å². The molecular formula is C17H27N3O2. The number of amides is 1. The summed E-state index contributed by atoms with van der Waals surface area (Å²) in [6.07, 6.45) is 0.517. The van der Waals surface area contributed by atoms with E-state index in [4.69, 9.17) is 4.74 Å². The Morgan fingerprint density at radius 1 is 1.23 bits per heavy atom. The average molecular weight is 305 g/mol. The minimum Gasteiger partial charge on any atom is -0.495 e. The van der Waals surface area contributed by atoms with E-state index in [0.29, 0.717) is 12.2 Å². The number of methoxy groups -OCH3 is 1. The summed E-state index contributed by atoms with van der Waals surface area (Å²) >= 11 is 0. The Morgan fingerprint density at radius 3 is 2.55 bits per heavy atom. The summed E-state index contributed by atoms with van der Waals surface area (Å²) in [5.74, 6) is 0.748. The lowest BCUT2D eigenvalue weighted by molar-refractivity contribution is -0.116. The number of aryl methyl sites for hydroxylation is 1. The van der Waals surface area contributed by atoms with Crippen LogP contribution in [0.1, 0.15) is 18.9 Å². The molecule has 5 heteroatoms. The van der Waals surface area contributed by atoms with Crippen molar-refractivity contribution in [3.8, 4) is 5.75 Å². The predicted molar refractivity (Wildman–Crippen MR) is 89.5 cm³/mol. The van der Waals surface area contributed by atoms with Crippen molar-refractivity contribution < 1.29 is 9.53 Å². The van der Waals surface area contributed by atoms with Crippen LogP contribution < -0.4 is 10.1 Å². The number of hydrogen-bond donors (Lipinski definition) is 1. The zero-order valence-electron chi connectivity index (χ0n) is 13.9. The first-order chi connectivity index (χ1) is 10.6. The zero-order chi connectivity index (χ0) is 15.9. The van der Waals surface area contributed by atoms with E-state index >= 15 is 0 Å². The lowest BCUT2D eigenvalue weighted by Crippen LogP contribution is -2.46. The van der Waals surface area contributed by atoms with E-state index in [-0.39, 0.29) is 5.91 Å². The zero-order valence-corrected chi connectivity index (χ0v) is 13.9. The Bertz CT molecular complexity index is 497. The summed E-state index contributed by atoms with van der Waals surface area (Å²) in [5, 5.41) is 2.96. The van der Waals surface area contributed by atoms with E-state index in [0.717, 1.165) is 50.5 Å². The summed E-state index contributed by atoms with van der Waals surface area (Å²) in [4.78, 5) is 17.0. The Labute approximate surface area is 133 Å². The molecule has 1 aromatic carbocycles. The fourth-order valence-electron chi connectivity index (χ4n) is 2.72. The highest BCUT2D eigenvalue weighted by atomic mass is 16.5. The number of likely N-dealkylation sites (N-methyl/N-ethyl adjacent to an activating group) is 1. The monoisotopic (exact) mass is 305 g/mol. The van der Waals surface area contributed by atoms with Gasteiger partial charge < -0.3 is 19.9 Å². The van der Waals surface area contributed by atoms with Gasteiger partial charge in [-0.3, -0.25) is 4.79 Å². The molecule has 1 N–H and O–H groups in total. The number of rotatable bonds is 6. The largest absolute Gasteiger partial charge is 0.495 e. The quantitative estimate of drug-likeness (QED) is 0.873. The molecule has 1 aromatic rings. The van der Waals surface area contributed by atoms with E-state index in [1.165, 1.54) is 0 Å². The number of nitrogens with zero attached hydrogens (tertiary/aromatic N) is 2. The summed E-state index contributed by atoms with van der Waals surface area (Å²) < 4.78 is 5.29. The number of anilines is 1. The van der Waals surface area contributed by atoms with Crippen molar-refractivity contribution in [1.29, 1.82) is 0 Å². The highest BCUT2D eigenvalue weighted by Gasteiger charge is 2.16. The van der Waals surface area contributed by atoms with Crippen LogP contribution in [-0.2, 0) is 4.79 Å². The number of carbonyl (C=O) groups is 1. The summed E-state index contributed by atoms with van der Waals surface area (Å²) in [5.41, 5.74) is 1.86. The standard InChI is InChI=1S/C17H27N3O2/c1-4-19-9-11-20(12-10-19)8-7-17(21)18-15-13-14(2)5-6-16(15)22-3/h5-6,13H,4,7-12H2,1-3H3,(H,18,21). The van der Waals surface area contributed by atoms with Gasteiger partial charge in [-0.25, -0.2) is 0 Å². The number of benzene rings is 1. The molecule has 2 rings (SSSR count). The molecule has 0 bridgehead atoms. The van der Waals surface area contributed by atoms with Crippen molar-refractivity contribution in [1.82, 2.24) is 9.80 Å². The highest BCUT2D eigenvalue weighted by Crippen LogP contribution is 2.25. The Morgan fingerprint density at radius 2 is 1.91 bits per heavy atom. The van der Waals surface area contributed by atoms with Gasteiger partial charge in [0, 0.05) is 39.1 Å². The predicted octanol–water partition coefficient (Wildman–Crippen LogP) is 1.97. The molecule has 122 valence electrons. The normalized spacial score (nSPS) is 16.5. The molecule has 1 saturated heterocycles. The maximum absolute atomic E-state index is 12.2. The molecule has 0 aromatic heterocycles. The number of hydrogen-bond acceptors (Lipinski definition) is 4. The molecule has 1 amide bonds. The van der Waals surface area contributed by atoms with Gasteiger partial charge in [0.05, 0.1) is 12.8 Å². The van der Waals surface area contributed by atoms with Gasteiger partial charge >= 0.3 is 0 Å². The number of nitrogens with one attached hydrogen (secondary N) is 1. The molecule has 1 aliphatic heterocycles. The smallest absolute Gasteiger partial charge is 0.225 e. The van der Waals surface area contributed by atoms with Crippen LogP contribution in [0.5, 0.6) is 5.75 Å². The van der Waals surface area contributed by atoms with Crippen molar-refractivity contribution in [2.24, 2.45) is 0 Å². The van der Waals surface area contributed by atoms with Crippen LogP contribution >= 0.6 is 0 Å². The average Bonchev–Trinajstić information content (AvgIpc) is 2.53. The molecule has 0 atom stereocenters. The molecule has 5 nitrogen and oxygen atoms in total. The molecule has 22 heavy (non-hydrogen) atoms. The lowest BCUT2D eigenvalue weighted by atomic mass is 10.2. The maximum atomic E-state index is 12.2. The maximum Gasteiger partial charge on any atom is 0.225 e. The van der Waals surface area contributed by atoms with Crippen LogP contribution in [0.4, 0.5) is 5.69 Å². The van der Waals surface area contributed by atoms with Gasteiger partial charge in [0.1, 0.15) is 5.75 Å². The topological polar surface area (TPSA) is 44.8 Å². The number of ether oxygens (including phenoxy) is 1. The minimum atomic E-state index is 0.0434. The van der Waals surface area contributed by atoms with E-state index in [9.17, 15) is 4.79 Å². The Hall–Kier alpha value is -1.59. The molecule has 0 aliphatic carbocycles. The van der Waals surface area contributed by atoms with Crippen LogP contribution in [0, 0.1) is 6.92 Å². The fraction of sp³-hybridized carbons (Fsp3) is 0.588. The van der Waals surface area contributed by atoms with Gasteiger partial charge in [-0.05, 0) is 31.2 Å². The van der Waals surface area contributed by atoms with Gasteiger partial charge in [0.15, 0.2) is 0 Å². The molecule has 1 heterocycles. The van der Waals surface area contributed by atoms with Gasteiger partial charge in [0.25, 0.3) is 0 Å². The molecule has 0 spiro atoms.